The maximum atomic E-state index is 12.6. The van der Waals surface area contributed by atoms with Gasteiger partial charge in [0.05, 0.1) is 12.8 Å². The number of amides is 2. The van der Waals surface area contributed by atoms with Crippen LogP contribution in [0.5, 0.6) is 0 Å². The lowest BCUT2D eigenvalue weighted by Crippen LogP contribution is -2.47. The molecule has 1 aliphatic carbocycles. The van der Waals surface area contributed by atoms with Crippen molar-refractivity contribution >= 4 is 6.03 Å². The van der Waals surface area contributed by atoms with Gasteiger partial charge < -0.3 is 15.3 Å². The molecule has 0 spiro atoms. The van der Waals surface area contributed by atoms with Gasteiger partial charge in [-0.25, -0.2) is 4.79 Å². The molecule has 24 heavy (non-hydrogen) atoms. The zero-order valence-electron chi connectivity index (χ0n) is 14.0. The van der Waals surface area contributed by atoms with E-state index in [1.807, 2.05) is 37.4 Å². The number of hydrogen-bond acceptors (Lipinski definition) is 3. The Morgan fingerprint density at radius 3 is 2.96 bits per heavy atom. The van der Waals surface area contributed by atoms with E-state index in [4.69, 9.17) is 0 Å². The summed E-state index contributed by atoms with van der Waals surface area (Å²) >= 11 is 0. The maximum absolute atomic E-state index is 12.6. The van der Waals surface area contributed by atoms with Gasteiger partial charge in [0.1, 0.15) is 0 Å². The van der Waals surface area contributed by atoms with Crippen LogP contribution in [0, 0.1) is 6.92 Å². The Kier molecular flexibility index (Phi) is 5.15. The maximum Gasteiger partial charge on any atom is 0.318 e. The zero-order chi connectivity index (χ0) is 16.9. The predicted molar refractivity (Wildman–Crippen MR) is 91.6 cm³/mol. The van der Waals surface area contributed by atoms with Crippen molar-refractivity contribution in [1.29, 1.82) is 0 Å². The fourth-order valence-corrected chi connectivity index (χ4v) is 3.09. The van der Waals surface area contributed by atoms with E-state index >= 15 is 0 Å². The Morgan fingerprint density at radius 2 is 2.21 bits per heavy atom. The van der Waals surface area contributed by atoms with Crippen LogP contribution in [0.3, 0.4) is 0 Å². The third kappa shape index (κ3) is 3.94. The van der Waals surface area contributed by atoms with Gasteiger partial charge in [-0.2, -0.15) is 5.10 Å². The molecule has 0 fully saturated rings. The van der Waals surface area contributed by atoms with Crippen LogP contribution in [0.15, 0.2) is 30.5 Å². The zero-order valence-corrected chi connectivity index (χ0v) is 14.0. The molecule has 1 unspecified atom stereocenters. The molecule has 1 aromatic heterocycles. The summed E-state index contributed by atoms with van der Waals surface area (Å²) in [5.41, 5.74) is 4.60. The van der Waals surface area contributed by atoms with Crippen molar-refractivity contribution in [1.82, 2.24) is 20.4 Å². The monoisotopic (exact) mass is 328 g/mol. The van der Waals surface area contributed by atoms with Crippen LogP contribution in [0.4, 0.5) is 4.79 Å². The number of urea groups is 1. The molecule has 1 aromatic carbocycles. The summed E-state index contributed by atoms with van der Waals surface area (Å²) in [4.78, 5) is 14.3. The molecular weight excluding hydrogens is 304 g/mol. The fourth-order valence-electron chi connectivity index (χ4n) is 3.09. The molecule has 3 rings (SSSR count). The number of H-pyrrole nitrogens is 1. The summed E-state index contributed by atoms with van der Waals surface area (Å²) in [6.45, 7) is 2.81. The average molecular weight is 328 g/mol. The Labute approximate surface area is 141 Å². The molecule has 2 aromatic rings. The van der Waals surface area contributed by atoms with Crippen molar-refractivity contribution in [2.45, 2.75) is 38.8 Å². The van der Waals surface area contributed by atoms with Crippen molar-refractivity contribution in [3.8, 4) is 0 Å². The second-order valence-corrected chi connectivity index (χ2v) is 6.39. The van der Waals surface area contributed by atoms with E-state index in [0.717, 1.165) is 24.8 Å². The largest absolute Gasteiger partial charge is 0.395 e. The molecule has 0 aliphatic heterocycles. The number of aromatic amines is 1. The molecule has 0 saturated carbocycles. The second kappa shape index (κ2) is 7.49. The van der Waals surface area contributed by atoms with E-state index in [2.05, 4.69) is 15.5 Å². The van der Waals surface area contributed by atoms with E-state index in [0.29, 0.717) is 13.1 Å². The van der Waals surface area contributed by atoms with E-state index in [1.54, 1.807) is 4.90 Å². The normalized spacial score (nSPS) is 16.5. The standard InChI is InChI=1S/C18H24N4O2/c1-13-2-4-14(5-3-13)12-22(8-9-23)18(24)20-16-6-7-17-15(10-16)11-19-21-17/h2-5,11,16,23H,6-10,12H2,1H3,(H,19,21)(H,20,24). The average Bonchev–Trinajstić information content (AvgIpc) is 3.04. The van der Waals surface area contributed by atoms with E-state index < -0.39 is 0 Å². The number of aliphatic hydroxyl groups is 1. The molecule has 6 heteroatoms. The molecule has 1 atom stereocenters. The first-order valence-corrected chi connectivity index (χ1v) is 8.38. The molecule has 1 aliphatic rings. The Morgan fingerprint density at radius 1 is 1.42 bits per heavy atom. The highest BCUT2D eigenvalue weighted by molar-refractivity contribution is 5.74. The van der Waals surface area contributed by atoms with Crippen molar-refractivity contribution in [2.75, 3.05) is 13.2 Å². The number of aliphatic hydroxyl groups excluding tert-OH is 1. The first kappa shape index (κ1) is 16.5. The summed E-state index contributed by atoms with van der Waals surface area (Å²) in [5, 5.41) is 19.5. The third-order valence-corrected chi connectivity index (χ3v) is 4.50. The molecule has 128 valence electrons. The number of benzene rings is 1. The molecule has 6 nitrogen and oxygen atoms in total. The minimum atomic E-state index is -0.124. The molecule has 0 bridgehead atoms. The number of carbonyl (C=O) groups excluding carboxylic acids is 1. The Bertz CT molecular complexity index is 681. The van der Waals surface area contributed by atoms with Gasteiger partial charge in [-0.1, -0.05) is 29.8 Å². The quantitative estimate of drug-likeness (QED) is 0.782. The first-order valence-electron chi connectivity index (χ1n) is 8.38. The van der Waals surface area contributed by atoms with Crippen LogP contribution in [0.25, 0.3) is 0 Å². The number of aromatic nitrogens is 2. The molecule has 3 N–H and O–H groups in total. The summed E-state index contributed by atoms with van der Waals surface area (Å²) < 4.78 is 0. The highest BCUT2D eigenvalue weighted by Gasteiger charge is 2.23. The van der Waals surface area contributed by atoms with E-state index in [-0.39, 0.29) is 18.7 Å². The number of hydrogen-bond donors (Lipinski definition) is 3. The summed E-state index contributed by atoms with van der Waals surface area (Å²) in [7, 11) is 0. The van der Waals surface area contributed by atoms with Crippen molar-refractivity contribution in [2.24, 2.45) is 0 Å². The van der Waals surface area contributed by atoms with Crippen LogP contribution >= 0.6 is 0 Å². The minimum absolute atomic E-state index is 0.0458. The first-order chi connectivity index (χ1) is 11.7. The molecule has 1 heterocycles. The lowest BCUT2D eigenvalue weighted by Gasteiger charge is -2.28. The molecule has 2 amide bonds. The second-order valence-electron chi connectivity index (χ2n) is 6.39. The van der Waals surface area contributed by atoms with Gasteiger partial charge in [-0.3, -0.25) is 5.10 Å². The minimum Gasteiger partial charge on any atom is -0.395 e. The van der Waals surface area contributed by atoms with Gasteiger partial charge >= 0.3 is 6.03 Å². The number of nitrogens with zero attached hydrogens (tertiary/aromatic N) is 2. The molecule has 0 saturated heterocycles. The molecular formula is C18H24N4O2. The van der Waals surface area contributed by atoms with Gasteiger partial charge in [0.15, 0.2) is 0 Å². The third-order valence-electron chi connectivity index (χ3n) is 4.50. The van der Waals surface area contributed by atoms with Gasteiger partial charge in [0.25, 0.3) is 0 Å². The van der Waals surface area contributed by atoms with E-state index in [9.17, 15) is 9.90 Å². The number of rotatable bonds is 5. The highest BCUT2D eigenvalue weighted by Crippen LogP contribution is 2.19. The Hall–Kier alpha value is -2.34. The highest BCUT2D eigenvalue weighted by atomic mass is 16.3. The van der Waals surface area contributed by atoms with Crippen LogP contribution in [-0.4, -0.2) is 45.4 Å². The summed E-state index contributed by atoms with van der Waals surface area (Å²) in [6, 6.07) is 8.09. The van der Waals surface area contributed by atoms with E-state index in [1.165, 1.54) is 16.8 Å². The van der Waals surface area contributed by atoms with Gasteiger partial charge in [0.2, 0.25) is 0 Å². The van der Waals surface area contributed by atoms with Crippen molar-refractivity contribution < 1.29 is 9.90 Å². The summed E-state index contributed by atoms with van der Waals surface area (Å²) in [6.07, 6.45) is 4.44. The number of aryl methyl sites for hydroxylation is 2. The van der Waals surface area contributed by atoms with Gasteiger partial charge in [-0.05, 0) is 37.3 Å². The fraction of sp³-hybridized carbons (Fsp3) is 0.444. The number of nitrogens with one attached hydrogen (secondary N) is 2. The van der Waals surface area contributed by atoms with Gasteiger partial charge in [-0.15, -0.1) is 0 Å². The van der Waals surface area contributed by atoms with Crippen LogP contribution in [0.1, 0.15) is 28.8 Å². The number of carbonyl (C=O) groups is 1. The van der Waals surface area contributed by atoms with Gasteiger partial charge in [0, 0.05) is 24.8 Å². The van der Waals surface area contributed by atoms with Crippen LogP contribution in [-0.2, 0) is 19.4 Å². The number of fused-ring (bicyclic) bond motifs is 1. The van der Waals surface area contributed by atoms with Crippen molar-refractivity contribution in [3.63, 3.8) is 0 Å². The lowest BCUT2D eigenvalue weighted by molar-refractivity contribution is 0.170. The van der Waals surface area contributed by atoms with Crippen LogP contribution in [0.2, 0.25) is 0 Å². The summed E-state index contributed by atoms with van der Waals surface area (Å²) in [5.74, 6) is 0. The molecule has 0 radical (unpaired) electrons. The topological polar surface area (TPSA) is 81.2 Å². The Balaban J connectivity index is 1.61. The van der Waals surface area contributed by atoms with Crippen LogP contribution < -0.4 is 5.32 Å². The lowest BCUT2D eigenvalue weighted by atomic mass is 9.94. The predicted octanol–water partition coefficient (Wildman–Crippen LogP) is 1.78. The smallest absolute Gasteiger partial charge is 0.318 e. The van der Waals surface area contributed by atoms with Crippen molar-refractivity contribution in [3.05, 3.63) is 52.8 Å². The SMILES string of the molecule is Cc1ccc(CN(CCO)C(=O)NC2CCc3[nH]ncc3C2)cc1.